The fourth-order valence-corrected chi connectivity index (χ4v) is 2.84. The third-order valence-corrected chi connectivity index (χ3v) is 3.70. The Morgan fingerprint density at radius 1 is 1.55 bits per heavy atom. The van der Waals surface area contributed by atoms with Gasteiger partial charge >= 0.3 is 6.03 Å². The largest absolute Gasteiger partial charge is 0.548 e. The average molecular weight is 280 g/mol. The van der Waals surface area contributed by atoms with E-state index in [4.69, 9.17) is 0 Å². The molecule has 0 spiro atoms. The van der Waals surface area contributed by atoms with Crippen LogP contribution in [-0.2, 0) is 11.8 Å². The van der Waals surface area contributed by atoms with Gasteiger partial charge in [-0.15, -0.1) is 0 Å². The van der Waals surface area contributed by atoms with Gasteiger partial charge in [-0.2, -0.15) is 9.47 Å². The van der Waals surface area contributed by atoms with Crippen LogP contribution in [-0.4, -0.2) is 52.6 Å². The Morgan fingerprint density at radius 2 is 2.20 bits per heavy atom. The second-order valence-corrected chi connectivity index (χ2v) is 5.85. The molecule has 2 rings (SSSR count). The minimum atomic E-state index is -1.22. The van der Waals surface area contributed by atoms with Crippen LogP contribution in [0.25, 0.3) is 0 Å². The summed E-state index contributed by atoms with van der Waals surface area (Å²) in [7, 11) is 3.33. The predicted molar refractivity (Wildman–Crippen MR) is 71.5 cm³/mol. The number of aliphatic carboxylic acids is 1. The number of carbonyl (C=O) groups excluding carboxylic acids is 2. The van der Waals surface area contributed by atoms with E-state index >= 15 is 0 Å². The summed E-state index contributed by atoms with van der Waals surface area (Å²) in [5.41, 5.74) is 0. The van der Waals surface area contributed by atoms with Crippen LogP contribution in [0.2, 0.25) is 0 Å². The van der Waals surface area contributed by atoms with Gasteiger partial charge in [0.1, 0.15) is 18.9 Å². The number of likely N-dealkylation sites (N-methyl/N-ethyl adjacent to an activating group) is 1. The quantitative estimate of drug-likeness (QED) is 0.701. The highest BCUT2D eigenvalue weighted by Gasteiger charge is 2.54. The number of aromatic nitrogens is 2. The van der Waals surface area contributed by atoms with Crippen LogP contribution in [0.15, 0.2) is 12.5 Å². The summed E-state index contributed by atoms with van der Waals surface area (Å²) < 4.78 is 1.70. The highest BCUT2D eigenvalue weighted by molar-refractivity contribution is 5.93. The first-order valence-corrected chi connectivity index (χ1v) is 6.62. The number of carbonyl (C=O) groups is 2. The van der Waals surface area contributed by atoms with E-state index in [-0.39, 0.29) is 23.0 Å². The van der Waals surface area contributed by atoms with Crippen LogP contribution >= 0.6 is 0 Å². The van der Waals surface area contributed by atoms with E-state index in [0.29, 0.717) is 12.4 Å². The zero-order valence-electron chi connectivity index (χ0n) is 12.2. The number of carboxylic acid groups (broad SMARTS) is 1. The first-order chi connectivity index (χ1) is 9.28. The maximum absolute atomic E-state index is 12.6. The van der Waals surface area contributed by atoms with Gasteiger partial charge < -0.3 is 14.5 Å². The Labute approximate surface area is 118 Å². The van der Waals surface area contributed by atoms with E-state index < -0.39 is 12.0 Å². The Kier molecular flexibility index (Phi) is 3.56. The summed E-state index contributed by atoms with van der Waals surface area (Å²) in [6.45, 7) is 4.68. The molecule has 2 atom stereocenters. The highest BCUT2D eigenvalue weighted by atomic mass is 16.4. The molecule has 0 bridgehead atoms. The lowest BCUT2D eigenvalue weighted by atomic mass is 10.1. The number of urea groups is 1. The van der Waals surface area contributed by atoms with Gasteiger partial charge in [0.15, 0.2) is 0 Å². The molecule has 1 aromatic rings. The van der Waals surface area contributed by atoms with E-state index in [1.54, 1.807) is 17.1 Å². The van der Waals surface area contributed by atoms with Crippen molar-refractivity contribution in [1.29, 1.82) is 0 Å². The fraction of sp³-hybridized carbons (Fsp3) is 0.615. The van der Waals surface area contributed by atoms with Crippen LogP contribution in [0.1, 0.15) is 13.8 Å². The van der Waals surface area contributed by atoms with Crippen LogP contribution in [0.3, 0.4) is 0 Å². The maximum Gasteiger partial charge on any atom is 0.426 e. The lowest BCUT2D eigenvalue weighted by Gasteiger charge is -2.29. The zero-order chi connectivity index (χ0) is 15.1. The molecule has 0 aromatic carbocycles. The molecule has 0 N–H and O–H groups in total. The number of amides is 2. The summed E-state index contributed by atoms with van der Waals surface area (Å²) in [6, 6.07) is -1.16. The topological polar surface area (TPSA) is 78.3 Å². The van der Waals surface area contributed by atoms with E-state index in [2.05, 4.69) is 4.98 Å². The summed E-state index contributed by atoms with van der Waals surface area (Å²) >= 11 is 0. The Hall–Kier alpha value is -1.89. The normalized spacial score (nSPS) is 26.6. The first kappa shape index (κ1) is 14.5. The monoisotopic (exact) mass is 280 g/mol. The van der Waals surface area contributed by atoms with Gasteiger partial charge in [-0.3, -0.25) is 4.90 Å². The molecule has 7 nitrogen and oxygen atoms in total. The van der Waals surface area contributed by atoms with Crippen LogP contribution in [0.4, 0.5) is 10.6 Å². The van der Waals surface area contributed by atoms with Crippen molar-refractivity contribution < 1.29 is 14.7 Å². The molecule has 2 heterocycles. The molecule has 0 radical (unpaired) electrons. The second-order valence-electron chi connectivity index (χ2n) is 5.85. The Morgan fingerprint density at radius 3 is 2.60 bits per heavy atom. The molecular weight excluding hydrogens is 260 g/mol. The first-order valence-electron chi connectivity index (χ1n) is 6.62. The molecule has 2 amide bonds. The summed E-state index contributed by atoms with van der Waals surface area (Å²) in [5, 5.41) is 11.2. The van der Waals surface area contributed by atoms with E-state index in [1.165, 1.54) is 11.9 Å². The van der Waals surface area contributed by atoms with Gasteiger partial charge in [-0.25, -0.2) is 4.79 Å². The number of rotatable bonds is 4. The molecule has 1 aliphatic rings. The van der Waals surface area contributed by atoms with E-state index in [0.717, 1.165) is 0 Å². The standard InChI is InChI=1S/C13H20N4O3/c1-9(2)6-17(11-5-15(3)8-14-11)7-10(12(18)19)16(4)13(17)20/h5,8-10H,6-7H2,1-4H3. The van der Waals surface area contributed by atoms with Gasteiger partial charge in [0.2, 0.25) is 0 Å². The SMILES string of the molecule is CC(C)C[N+]1(c2cn(C)cn2)CC(C(=O)[O-])N(C)C1=O. The minimum Gasteiger partial charge on any atom is -0.548 e. The summed E-state index contributed by atoms with van der Waals surface area (Å²) in [6.07, 6.45) is 3.39. The molecular formula is C13H20N4O3. The lowest BCUT2D eigenvalue weighted by Crippen LogP contribution is -2.54. The van der Waals surface area contributed by atoms with Gasteiger partial charge in [-0.1, -0.05) is 13.8 Å². The van der Waals surface area contributed by atoms with Crippen molar-refractivity contribution >= 4 is 17.8 Å². The van der Waals surface area contributed by atoms with E-state index in [9.17, 15) is 14.7 Å². The molecule has 1 saturated heterocycles. The van der Waals surface area contributed by atoms with Crippen LogP contribution in [0.5, 0.6) is 0 Å². The number of quaternary nitrogens is 1. The van der Waals surface area contributed by atoms with Gasteiger partial charge in [-0.05, 0) is 0 Å². The van der Waals surface area contributed by atoms with Crippen molar-refractivity contribution in [2.45, 2.75) is 19.9 Å². The molecule has 0 aliphatic carbocycles. The van der Waals surface area contributed by atoms with Gasteiger partial charge in [0.25, 0.3) is 5.82 Å². The Bertz CT molecular complexity index is 539. The molecule has 110 valence electrons. The van der Waals surface area contributed by atoms with E-state index in [1.807, 2.05) is 20.9 Å². The van der Waals surface area contributed by atoms with Gasteiger partial charge in [0.05, 0.1) is 18.7 Å². The second kappa shape index (κ2) is 4.90. The lowest BCUT2D eigenvalue weighted by molar-refractivity contribution is -0.309. The molecule has 20 heavy (non-hydrogen) atoms. The van der Waals surface area contributed by atoms with Crippen molar-refractivity contribution in [1.82, 2.24) is 18.9 Å². The Balaban J connectivity index is 2.48. The van der Waals surface area contributed by atoms with Crippen molar-refractivity contribution in [3.8, 4) is 0 Å². The smallest absolute Gasteiger partial charge is 0.426 e. The van der Waals surface area contributed by atoms with Gasteiger partial charge in [0, 0.05) is 20.0 Å². The molecule has 1 fully saturated rings. The van der Waals surface area contributed by atoms with Crippen molar-refractivity contribution in [2.24, 2.45) is 13.0 Å². The fourth-order valence-electron chi connectivity index (χ4n) is 2.84. The average Bonchev–Trinajstić information content (AvgIpc) is 2.87. The molecule has 1 aliphatic heterocycles. The van der Waals surface area contributed by atoms with Crippen LogP contribution in [0, 0.1) is 5.92 Å². The summed E-state index contributed by atoms with van der Waals surface area (Å²) in [4.78, 5) is 29.4. The molecule has 2 unspecified atom stereocenters. The van der Waals surface area contributed by atoms with Crippen LogP contribution < -0.4 is 9.59 Å². The summed E-state index contributed by atoms with van der Waals surface area (Å²) in [5.74, 6) is -0.405. The van der Waals surface area contributed by atoms with Crippen molar-refractivity contribution in [2.75, 3.05) is 20.1 Å². The van der Waals surface area contributed by atoms with Crippen molar-refractivity contribution in [3.05, 3.63) is 12.5 Å². The number of aryl methyl sites for hydroxylation is 1. The molecule has 7 heteroatoms. The third kappa shape index (κ3) is 2.18. The highest BCUT2D eigenvalue weighted by Crippen LogP contribution is 2.31. The number of hydrogen-bond acceptors (Lipinski definition) is 4. The predicted octanol–water partition coefficient (Wildman–Crippen LogP) is -0.433. The number of carboxylic acids is 1. The molecule has 0 saturated carbocycles. The third-order valence-electron chi connectivity index (χ3n) is 3.70. The maximum atomic E-state index is 12.6. The number of hydrogen-bond donors (Lipinski definition) is 0. The minimum absolute atomic E-state index is 0.0619. The van der Waals surface area contributed by atoms with Crippen molar-refractivity contribution in [3.63, 3.8) is 0 Å². The zero-order valence-corrected chi connectivity index (χ0v) is 12.2. The number of imidazole rings is 1. The molecule has 1 aromatic heterocycles. The number of nitrogens with zero attached hydrogens (tertiary/aromatic N) is 4.